The minimum atomic E-state index is -4.72. The van der Waals surface area contributed by atoms with Crippen LogP contribution in [0.1, 0.15) is 22.3 Å². The van der Waals surface area contributed by atoms with Crippen molar-refractivity contribution in [1.82, 2.24) is 0 Å². The van der Waals surface area contributed by atoms with Gasteiger partial charge < -0.3 is 9.47 Å². The maximum absolute atomic E-state index is 13.0. The summed E-state index contributed by atoms with van der Waals surface area (Å²) in [4.78, 5) is 14.9. The van der Waals surface area contributed by atoms with Crippen LogP contribution < -0.4 is 9.47 Å². The third-order valence-electron chi connectivity index (χ3n) is 4.88. The molecule has 0 radical (unpaired) electrons. The van der Waals surface area contributed by atoms with Crippen LogP contribution in [0.4, 0.5) is 24.5 Å². The molecule has 0 heterocycles. The van der Waals surface area contributed by atoms with E-state index in [0.29, 0.717) is 22.2 Å². The zero-order chi connectivity index (χ0) is 24.3. The predicted molar refractivity (Wildman–Crippen MR) is 122 cm³/mol. The van der Waals surface area contributed by atoms with Crippen molar-refractivity contribution in [2.45, 2.75) is 20.0 Å². The highest BCUT2D eigenvalue weighted by molar-refractivity contribution is 9.10. The number of hydrogen-bond acceptors (Lipinski definition) is 5. The lowest BCUT2D eigenvalue weighted by Gasteiger charge is -2.14. The van der Waals surface area contributed by atoms with Crippen LogP contribution in [0.15, 0.2) is 58.0 Å². The molecular weight excluding hydrogens is 505 g/mol. The first-order chi connectivity index (χ1) is 15.5. The summed E-state index contributed by atoms with van der Waals surface area (Å²) in [6.07, 6.45) is -3.10. The van der Waals surface area contributed by atoms with Gasteiger partial charge in [0.05, 0.1) is 27.8 Å². The molecule has 0 aromatic heterocycles. The van der Waals surface area contributed by atoms with E-state index in [0.717, 1.165) is 22.9 Å². The van der Waals surface area contributed by atoms with Crippen LogP contribution in [0.2, 0.25) is 0 Å². The van der Waals surface area contributed by atoms with Gasteiger partial charge in [-0.15, -0.1) is 0 Å². The van der Waals surface area contributed by atoms with Crippen molar-refractivity contribution in [3.8, 4) is 17.2 Å². The minimum absolute atomic E-state index is 0.0734. The summed E-state index contributed by atoms with van der Waals surface area (Å²) in [6, 6.07) is 11.1. The maximum atomic E-state index is 13.0. The van der Waals surface area contributed by atoms with E-state index in [1.807, 2.05) is 32.0 Å². The summed E-state index contributed by atoms with van der Waals surface area (Å²) in [7, 11) is 1.38. The van der Waals surface area contributed by atoms with E-state index in [-0.39, 0.29) is 17.2 Å². The Balaban J connectivity index is 1.98. The van der Waals surface area contributed by atoms with Crippen molar-refractivity contribution in [2.75, 3.05) is 7.11 Å². The third kappa shape index (κ3) is 5.51. The second-order valence-electron chi connectivity index (χ2n) is 7.05. The molecule has 0 saturated carbocycles. The number of methoxy groups -OCH3 is 1. The van der Waals surface area contributed by atoms with Crippen molar-refractivity contribution in [3.63, 3.8) is 0 Å². The Labute approximate surface area is 196 Å². The molecular formula is C23H18BrF3N2O4. The zero-order valence-electron chi connectivity index (χ0n) is 17.7. The molecule has 0 fully saturated rings. The van der Waals surface area contributed by atoms with Gasteiger partial charge in [-0.05, 0) is 76.8 Å². The number of aliphatic imine (C=N–C) groups is 1. The van der Waals surface area contributed by atoms with Crippen LogP contribution in [-0.2, 0) is 6.18 Å². The molecule has 0 aliphatic rings. The van der Waals surface area contributed by atoms with Crippen LogP contribution in [0.3, 0.4) is 0 Å². The lowest BCUT2D eigenvalue weighted by molar-refractivity contribution is -0.385. The first-order valence-electron chi connectivity index (χ1n) is 9.52. The number of halogens is 4. The van der Waals surface area contributed by atoms with Gasteiger partial charge in [0.25, 0.3) is 0 Å². The van der Waals surface area contributed by atoms with Gasteiger partial charge in [0, 0.05) is 12.3 Å². The third-order valence-corrected chi connectivity index (χ3v) is 5.46. The fourth-order valence-electron chi connectivity index (χ4n) is 2.97. The molecule has 0 bridgehead atoms. The van der Waals surface area contributed by atoms with Crippen molar-refractivity contribution in [2.24, 2.45) is 4.99 Å². The van der Waals surface area contributed by atoms with Gasteiger partial charge in [0.2, 0.25) is 5.75 Å². The Morgan fingerprint density at radius 3 is 2.45 bits per heavy atom. The number of ether oxygens (including phenoxy) is 2. The summed E-state index contributed by atoms with van der Waals surface area (Å²) < 4.78 is 50.2. The predicted octanol–water partition coefficient (Wildman–Crippen LogP) is 7.54. The first kappa shape index (κ1) is 24.2. The van der Waals surface area contributed by atoms with Crippen molar-refractivity contribution in [3.05, 3.63) is 85.4 Å². The molecule has 10 heteroatoms. The highest BCUT2D eigenvalue weighted by Gasteiger charge is 2.33. The van der Waals surface area contributed by atoms with Gasteiger partial charge in [-0.25, -0.2) is 0 Å². The molecule has 3 aromatic rings. The van der Waals surface area contributed by atoms with Gasteiger partial charge in [-0.2, -0.15) is 13.2 Å². The molecule has 3 rings (SSSR count). The molecule has 0 spiro atoms. The molecule has 0 atom stereocenters. The normalized spacial score (nSPS) is 11.6. The molecule has 0 amide bonds. The van der Waals surface area contributed by atoms with E-state index in [1.165, 1.54) is 7.11 Å². The molecule has 6 nitrogen and oxygen atoms in total. The van der Waals surface area contributed by atoms with Gasteiger partial charge in [-0.1, -0.05) is 12.1 Å². The summed E-state index contributed by atoms with van der Waals surface area (Å²) in [5, 5.41) is 11.4. The van der Waals surface area contributed by atoms with Gasteiger partial charge in [0.15, 0.2) is 11.5 Å². The highest BCUT2D eigenvalue weighted by atomic mass is 79.9. The highest BCUT2D eigenvalue weighted by Crippen LogP contribution is 2.43. The molecule has 3 aromatic carbocycles. The number of aryl methyl sites for hydroxylation is 1. The standard InChI is InChI=1S/C23H18BrF3N2O4/c1-13-5-4-6-18(14(13)2)28-12-15-9-17(24)22(21(10-15)32-3)33-20-8-7-16(23(25,26)27)11-19(20)29(30)31/h4-12H,1-3H3. The average molecular weight is 523 g/mol. The zero-order valence-corrected chi connectivity index (χ0v) is 19.3. The average Bonchev–Trinajstić information content (AvgIpc) is 2.75. The number of nitrogens with zero attached hydrogens (tertiary/aromatic N) is 2. The smallest absolute Gasteiger partial charge is 0.416 e. The Morgan fingerprint density at radius 1 is 1.09 bits per heavy atom. The van der Waals surface area contributed by atoms with Crippen LogP contribution in [-0.4, -0.2) is 18.2 Å². The van der Waals surface area contributed by atoms with Crippen LogP contribution in [0, 0.1) is 24.0 Å². The number of nitro groups is 1. The molecule has 0 saturated heterocycles. The van der Waals surface area contributed by atoms with E-state index < -0.39 is 22.4 Å². The molecule has 0 aliphatic heterocycles. The topological polar surface area (TPSA) is 74.0 Å². The number of nitro benzene ring substituents is 1. The fourth-order valence-corrected chi connectivity index (χ4v) is 3.51. The first-order valence-corrected chi connectivity index (χ1v) is 10.3. The van der Waals surface area contributed by atoms with Crippen molar-refractivity contribution in [1.29, 1.82) is 0 Å². The molecule has 0 unspecified atom stereocenters. The Hall–Kier alpha value is -3.40. The Bertz CT molecular complexity index is 1240. The van der Waals surface area contributed by atoms with Crippen LogP contribution >= 0.6 is 15.9 Å². The van der Waals surface area contributed by atoms with Crippen LogP contribution in [0.25, 0.3) is 0 Å². The summed E-state index contributed by atoms with van der Waals surface area (Å²) >= 11 is 3.34. The van der Waals surface area contributed by atoms with E-state index in [9.17, 15) is 23.3 Å². The Morgan fingerprint density at radius 2 is 1.82 bits per heavy atom. The number of hydrogen-bond donors (Lipinski definition) is 0. The Kier molecular flexibility index (Phi) is 7.06. The molecule has 172 valence electrons. The van der Waals surface area contributed by atoms with E-state index in [1.54, 1.807) is 18.3 Å². The van der Waals surface area contributed by atoms with Crippen molar-refractivity contribution < 1.29 is 27.6 Å². The van der Waals surface area contributed by atoms with E-state index in [4.69, 9.17) is 9.47 Å². The van der Waals surface area contributed by atoms with Crippen LogP contribution in [0.5, 0.6) is 17.2 Å². The van der Waals surface area contributed by atoms with Crippen molar-refractivity contribution >= 4 is 33.5 Å². The molecule has 0 N–H and O–H groups in total. The summed E-state index contributed by atoms with van der Waals surface area (Å²) in [5.74, 6) is -0.0750. The minimum Gasteiger partial charge on any atom is -0.493 e. The van der Waals surface area contributed by atoms with E-state index in [2.05, 4.69) is 20.9 Å². The maximum Gasteiger partial charge on any atom is 0.416 e. The SMILES string of the molecule is COc1cc(C=Nc2cccc(C)c2C)cc(Br)c1Oc1ccc(C(F)(F)F)cc1[N+](=O)[O-]. The number of rotatable bonds is 6. The summed E-state index contributed by atoms with van der Waals surface area (Å²) in [6.45, 7) is 3.95. The fraction of sp³-hybridized carbons (Fsp3) is 0.174. The molecule has 33 heavy (non-hydrogen) atoms. The molecule has 0 aliphatic carbocycles. The summed E-state index contributed by atoms with van der Waals surface area (Å²) in [5.41, 5.74) is 1.62. The van der Waals surface area contributed by atoms with Gasteiger partial charge in [0.1, 0.15) is 0 Å². The number of alkyl halides is 3. The monoisotopic (exact) mass is 522 g/mol. The van der Waals surface area contributed by atoms with Gasteiger partial charge in [-0.3, -0.25) is 15.1 Å². The van der Waals surface area contributed by atoms with Gasteiger partial charge >= 0.3 is 11.9 Å². The lowest BCUT2D eigenvalue weighted by atomic mass is 10.1. The lowest BCUT2D eigenvalue weighted by Crippen LogP contribution is -2.06. The number of benzene rings is 3. The largest absolute Gasteiger partial charge is 0.493 e. The van der Waals surface area contributed by atoms with E-state index >= 15 is 0 Å². The quantitative estimate of drug-likeness (QED) is 0.190. The second-order valence-corrected chi connectivity index (χ2v) is 7.91. The second kappa shape index (κ2) is 9.62.